The average molecular weight is 483 g/mol. The minimum atomic E-state index is -1.03. The number of carboxylic acid groups (broad SMARTS) is 1. The van der Waals surface area contributed by atoms with Crippen molar-refractivity contribution in [3.8, 4) is 11.5 Å². The fraction of sp³-hybridized carbons (Fsp3) is 0.458. The quantitative estimate of drug-likeness (QED) is 0.435. The van der Waals surface area contributed by atoms with E-state index in [-0.39, 0.29) is 23.6 Å². The van der Waals surface area contributed by atoms with Crippen LogP contribution in [0.15, 0.2) is 18.2 Å². The van der Waals surface area contributed by atoms with Gasteiger partial charge in [0.15, 0.2) is 5.82 Å². The lowest BCUT2D eigenvalue weighted by Gasteiger charge is -2.33. The van der Waals surface area contributed by atoms with Crippen molar-refractivity contribution in [2.45, 2.75) is 58.6 Å². The number of piperidine rings is 1. The first-order valence-electron chi connectivity index (χ1n) is 11.6. The lowest BCUT2D eigenvalue weighted by atomic mass is 10.0. The third-order valence-electron chi connectivity index (χ3n) is 5.86. The van der Waals surface area contributed by atoms with Crippen LogP contribution in [-0.4, -0.2) is 72.9 Å². The second-order valence-electron chi connectivity index (χ2n) is 9.62. The number of fused-ring (bicyclic) bond motifs is 1. The molecule has 0 bridgehead atoms. The number of aromatic amines is 2. The van der Waals surface area contributed by atoms with Gasteiger partial charge in [0.2, 0.25) is 0 Å². The van der Waals surface area contributed by atoms with Crippen molar-refractivity contribution in [2.24, 2.45) is 0 Å². The van der Waals surface area contributed by atoms with Crippen molar-refractivity contribution in [1.29, 1.82) is 0 Å². The molecule has 0 radical (unpaired) electrons. The highest BCUT2D eigenvalue weighted by atomic mass is 16.6. The fourth-order valence-corrected chi connectivity index (χ4v) is 4.10. The molecule has 2 amide bonds. The van der Waals surface area contributed by atoms with Crippen molar-refractivity contribution in [3.63, 3.8) is 0 Å². The molecule has 11 nitrogen and oxygen atoms in total. The van der Waals surface area contributed by atoms with Crippen molar-refractivity contribution >= 4 is 29.0 Å². The Hall–Kier alpha value is -3.89. The van der Waals surface area contributed by atoms with Crippen molar-refractivity contribution in [1.82, 2.24) is 30.4 Å². The number of hydrogen-bond acceptors (Lipinski definition) is 6. The molecule has 11 heteroatoms. The van der Waals surface area contributed by atoms with Gasteiger partial charge in [-0.15, -0.1) is 0 Å². The number of nitrogens with one attached hydrogen (secondary N) is 3. The SMILES string of the molecule is CCc1[nH]nc(-c2nc3ccc(C(=O)O)cc3[nH]2)c1C(=O)NC1CCN(C(=O)OC(C)(C)C)CC1. The van der Waals surface area contributed by atoms with Gasteiger partial charge in [-0.05, 0) is 58.2 Å². The van der Waals surface area contributed by atoms with E-state index in [1.807, 2.05) is 27.7 Å². The van der Waals surface area contributed by atoms with Crippen LogP contribution in [0.5, 0.6) is 0 Å². The summed E-state index contributed by atoms with van der Waals surface area (Å²) in [7, 11) is 0. The molecule has 2 aromatic heterocycles. The number of aryl methyl sites for hydroxylation is 1. The molecule has 1 fully saturated rings. The smallest absolute Gasteiger partial charge is 0.410 e. The third kappa shape index (κ3) is 5.28. The van der Waals surface area contributed by atoms with Crippen molar-refractivity contribution < 1.29 is 24.2 Å². The first-order valence-corrected chi connectivity index (χ1v) is 11.6. The number of carbonyl (C=O) groups is 3. The van der Waals surface area contributed by atoms with Gasteiger partial charge in [-0.3, -0.25) is 9.89 Å². The highest BCUT2D eigenvalue weighted by molar-refractivity contribution is 6.01. The number of carbonyl (C=O) groups excluding carboxylic acids is 2. The summed E-state index contributed by atoms with van der Waals surface area (Å²) in [5.74, 6) is -0.926. The molecule has 0 unspecified atom stereocenters. The Morgan fingerprint density at radius 3 is 2.57 bits per heavy atom. The number of nitrogens with zero attached hydrogens (tertiary/aromatic N) is 3. The van der Waals surface area contributed by atoms with Crippen LogP contribution in [0.2, 0.25) is 0 Å². The van der Waals surface area contributed by atoms with Gasteiger partial charge in [-0.25, -0.2) is 14.6 Å². The molecular weight excluding hydrogens is 452 g/mol. The summed E-state index contributed by atoms with van der Waals surface area (Å²) in [4.78, 5) is 46.2. The Balaban J connectivity index is 1.50. The number of rotatable bonds is 5. The maximum atomic E-state index is 13.3. The topological polar surface area (TPSA) is 153 Å². The van der Waals surface area contributed by atoms with E-state index in [0.29, 0.717) is 66.2 Å². The summed E-state index contributed by atoms with van der Waals surface area (Å²) in [5.41, 5.74) is 2.16. The number of amides is 2. The van der Waals surface area contributed by atoms with E-state index in [9.17, 15) is 19.5 Å². The molecular formula is C24H30N6O5. The molecule has 3 aromatic rings. The molecule has 4 rings (SSSR count). The number of hydrogen-bond donors (Lipinski definition) is 4. The Labute approximate surface area is 202 Å². The predicted octanol–water partition coefficient (Wildman–Crippen LogP) is 3.34. The summed E-state index contributed by atoms with van der Waals surface area (Å²) >= 11 is 0. The molecule has 0 spiro atoms. The molecule has 1 saturated heterocycles. The minimum absolute atomic E-state index is 0.0950. The van der Waals surface area contributed by atoms with Crippen LogP contribution in [0.1, 0.15) is 66.9 Å². The molecule has 0 saturated carbocycles. The fourth-order valence-electron chi connectivity index (χ4n) is 4.10. The highest BCUT2D eigenvalue weighted by Crippen LogP contribution is 2.26. The zero-order valence-corrected chi connectivity index (χ0v) is 20.3. The van der Waals surface area contributed by atoms with E-state index in [1.54, 1.807) is 11.0 Å². The third-order valence-corrected chi connectivity index (χ3v) is 5.86. The van der Waals surface area contributed by atoms with Gasteiger partial charge in [0.05, 0.1) is 22.2 Å². The monoisotopic (exact) mass is 482 g/mol. The van der Waals surface area contributed by atoms with E-state index in [4.69, 9.17) is 4.74 Å². The highest BCUT2D eigenvalue weighted by Gasteiger charge is 2.30. The standard InChI is InChI=1S/C24H30N6O5/c1-5-15-18(21(31)25-14-8-10-30(11-9-14)23(34)35-24(2,3)4)19(29-28-15)20-26-16-7-6-13(22(32)33)12-17(16)27-20/h6-7,12,14H,5,8-11H2,1-4H3,(H,25,31)(H,26,27)(H,28,29)(H,32,33). The molecule has 1 aliphatic rings. The number of imidazole rings is 1. The summed E-state index contributed by atoms with van der Waals surface area (Å²) < 4.78 is 5.44. The van der Waals surface area contributed by atoms with Gasteiger partial charge in [-0.1, -0.05) is 6.92 Å². The van der Waals surface area contributed by atoms with Gasteiger partial charge in [0.25, 0.3) is 5.91 Å². The van der Waals surface area contributed by atoms with Crippen molar-refractivity contribution in [2.75, 3.05) is 13.1 Å². The van der Waals surface area contributed by atoms with E-state index < -0.39 is 11.6 Å². The molecule has 3 heterocycles. The van der Waals surface area contributed by atoms with Crippen LogP contribution < -0.4 is 5.32 Å². The first kappa shape index (κ1) is 24.2. The number of aromatic carboxylic acids is 1. The van der Waals surface area contributed by atoms with Crippen LogP contribution in [-0.2, 0) is 11.2 Å². The average Bonchev–Trinajstić information content (AvgIpc) is 3.41. The zero-order chi connectivity index (χ0) is 25.3. The van der Waals surface area contributed by atoms with Gasteiger partial charge >= 0.3 is 12.1 Å². The number of aromatic nitrogens is 4. The Bertz CT molecular complexity index is 1260. The minimum Gasteiger partial charge on any atom is -0.478 e. The lowest BCUT2D eigenvalue weighted by Crippen LogP contribution is -2.47. The van der Waals surface area contributed by atoms with Gasteiger partial charge < -0.3 is 25.0 Å². The van der Waals surface area contributed by atoms with Crippen molar-refractivity contribution in [3.05, 3.63) is 35.0 Å². The maximum Gasteiger partial charge on any atom is 0.410 e. The second-order valence-corrected chi connectivity index (χ2v) is 9.62. The molecule has 4 N–H and O–H groups in total. The zero-order valence-electron chi connectivity index (χ0n) is 20.3. The molecule has 1 aromatic carbocycles. The number of ether oxygens (including phenoxy) is 1. The molecule has 186 valence electrons. The van der Waals surface area contributed by atoms with Crippen LogP contribution in [0.4, 0.5) is 4.79 Å². The van der Waals surface area contributed by atoms with Crippen LogP contribution in [0.25, 0.3) is 22.6 Å². The largest absolute Gasteiger partial charge is 0.478 e. The Morgan fingerprint density at radius 2 is 1.94 bits per heavy atom. The first-order chi connectivity index (χ1) is 16.6. The molecule has 0 atom stereocenters. The Kier molecular flexibility index (Phi) is 6.51. The maximum absolute atomic E-state index is 13.3. The summed E-state index contributed by atoms with van der Waals surface area (Å²) in [6.45, 7) is 8.41. The summed E-state index contributed by atoms with van der Waals surface area (Å²) in [5, 5.41) is 19.6. The van der Waals surface area contributed by atoms with Gasteiger partial charge in [-0.2, -0.15) is 5.10 Å². The van der Waals surface area contributed by atoms with Crippen LogP contribution >= 0.6 is 0 Å². The molecule has 1 aliphatic heterocycles. The van der Waals surface area contributed by atoms with E-state index in [2.05, 4.69) is 25.5 Å². The van der Waals surface area contributed by atoms with E-state index >= 15 is 0 Å². The van der Waals surface area contributed by atoms with Gasteiger partial charge in [0.1, 0.15) is 11.3 Å². The summed E-state index contributed by atoms with van der Waals surface area (Å²) in [6.07, 6.45) is 1.45. The molecule has 0 aliphatic carbocycles. The predicted molar refractivity (Wildman–Crippen MR) is 128 cm³/mol. The van der Waals surface area contributed by atoms with E-state index in [1.165, 1.54) is 12.1 Å². The van der Waals surface area contributed by atoms with E-state index in [0.717, 1.165) is 0 Å². The number of benzene rings is 1. The van der Waals surface area contributed by atoms with Crippen LogP contribution in [0, 0.1) is 0 Å². The summed E-state index contributed by atoms with van der Waals surface area (Å²) in [6, 6.07) is 4.50. The molecule has 35 heavy (non-hydrogen) atoms. The normalized spacial score (nSPS) is 14.8. The van der Waals surface area contributed by atoms with Gasteiger partial charge in [0, 0.05) is 24.8 Å². The number of carboxylic acids is 1. The number of H-pyrrole nitrogens is 2. The second kappa shape index (κ2) is 9.40. The number of likely N-dealkylation sites (tertiary alicyclic amines) is 1. The Morgan fingerprint density at radius 1 is 1.23 bits per heavy atom. The van der Waals surface area contributed by atoms with Crippen LogP contribution in [0.3, 0.4) is 0 Å². The lowest BCUT2D eigenvalue weighted by molar-refractivity contribution is 0.0199.